The average Bonchev–Trinajstić information content (AvgIpc) is 2.23. The van der Waals surface area contributed by atoms with Crippen molar-refractivity contribution in [3.8, 4) is 0 Å². The third kappa shape index (κ3) is 2.11. The third-order valence-corrected chi connectivity index (χ3v) is 3.09. The lowest BCUT2D eigenvalue weighted by Gasteiger charge is -2.14. The molecule has 1 N–H and O–H groups in total. The van der Waals surface area contributed by atoms with Crippen molar-refractivity contribution in [3.63, 3.8) is 0 Å². The van der Waals surface area contributed by atoms with Gasteiger partial charge in [0.05, 0.1) is 10.0 Å². The summed E-state index contributed by atoms with van der Waals surface area (Å²) in [6.07, 6.45) is 3.25. The van der Waals surface area contributed by atoms with Crippen molar-refractivity contribution in [1.82, 2.24) is 5.32 Å². The van der Waals surface area contributed by atoms with E-state index in [1.807, 2.05) is 18.2 Å². The lowest BCUT2D eigenvalue weighted by molar-refractivity contribution is 0.738. The zero-order chi connectivity index (χ0) is 9.97. The van der Waals surface area contributed by atoms with Gasteiger partial charge in [-0.05, 0) is 36.2 Å². The molecule has 14 heavy (non-hydrogen) atoms. The molecule has 0 atom stereocenters. The molecule has 0 amide bonds. The maximum absolute atomic E-state index is 5.96. The molecule has 1 nitrogen and oxygen atoms in total. The molecule has 0 bridgehead atoms. The Labute approximate surface area is 93.7 Å². The van der Waals surface area contributed by atoms with Gasteiger partial charge in [-0.2, -0.15) is 0 Å². The number of nitrogens with one attached hydrogen (secondary N) is 1. The van der Waals surface area contributed by atoms with Crippen LogP contribution in [0.15, 0.2) is 24.3 Å². The molecule has 0 spiro atoms. The van der Waals surface area contributed by atoms with Crippen molar-refractivity contribution in [2.24, 2.45) is 0 Å². The zero-order valence-corrected chi connectivity index (χ0v) is 9.20. The fourth-order valence-corrected chi connectivity index (χ4v) is 1.88. The first-order valence-electron chi connectivity index (χ1n) is 4.62. The lowest BCUT2D eigenvalue weighted by Crippen LogP contribution is -2.19. The summed E-state index contributed by atoms with van der Waals surface area (Å²) in [5.74, 6) is 0. The van der Waals surface area contributed by atoms with Gasteiger partial charge in [-0.25, -0.2) is 0 Å². The lowest BCUT2D eigenvalue weighted by atomic mass is 10.0. The molecule has 0 saturated carbocycles. The molecule has 1 aromatic carbocycles. The van der Waals surface area contributed by atoms with Crippen LogP contribution in [-0.2, 0) is 0 Å². The van der Waals surface area contributed by atoms with Gasteiger partial charge in [-0.3, -0.25) is 0 Å². The van der Waals surface area contributed by atoms with Gasteiger partial charge in [-0.1, -0.05) is 35.3 Å². The second kappa shape index (κ2) is 4.35. The zero-order valence-electron chi connectivity index (χ0n) is 7.69. The van der Waals surface area contributed by atoms with E-state index in [0.29, 0.717) is 10.0 Å². The summed E-state index contributed by atoms with van der Waals surface area (Å²) >= 11 is 11.8. The minimum Gasteiger partial charge on any atom is -0.313 e. The number of halogens is 2. The molecule has 74 valence electrons. The van der Waals surface area contributed by atoms with E-state index in [-0.39, 0.29) is 0 Å². The fraction of sp³-hybridized carbons (Fsp3) is 0.273. The van der Waals surface area contributed by atoms with Crippen LogP contribution in [0.25, 0.3) is 5.57 Å². The molecule has 1 aliphatic heterocycles. The molecule has 0 aromatic heterocycles. The standard InChI is InChI=1S/C11H11Cl2N/c12-10-2-1-9(7-11(10)13)8-3-5-14-6-4-8/h1-3,7,14H,4-6H2. The summed E-state index contributed by atoms with van der Waals surface area (Å²) in [5, 5.41) is 4.52. The van der Waals surface area contributed by atoms with Gasteiger partial charge in [0, 0.05) is 6.54 Å². The van der Waals surface area contributed by atoms with E-state index in [9.17, 15) is 0 Å². The van der Waals surface area contributed by atoms with Gasteiger partial charge in [0.15, 0.2) is 0 Å². The van der Waals surface area contributed by atoms with Gasteiger partial charge < -0.3 is 5.32 Å². The molecule has 1 heterocycles. The van der Waals surface area contributed by atoms with Gasteiger partial charge >= 0.3 is 0 Å². The highest BCUT2D eigenvalue weighted by atomic mass is 35.5. The average molecular weight is 228 g/mol. The number of rotatable bonds is 1. The maximum Gasteiger partial charge on any atom is 0.0598 e. The summed E-state index contributed by atoms with van der Waals surface area (Å²) in [4.78, 5) is 0. The predicted octanol–water partition coefficient (Wildman–Crippen LogP) is 3.37. The van der Waals surface area contributed by atoms with Gasteiger partial charge in [0.1, 0.15) is 0 Å². The Morgan fingerprint density at radius 2 is 2.00 bits per heavy atom. The highest BCUT2D eigenvalue weighted by molar-refractivity contribution is 6.42. The van der Waals surface area contributed by atoms with E-state index < -0.39 is 0 Å². The molecule has 0 saturated heterocycles. The van der Waals surface area contributed by atoms with E-state index in [2.05, 4.69) is 11.4 Å². The van der Waals surface area contributed by atoms with E-state index in [0.717, 1.165) is 19.5 Å². The van der Waals surface area contributed by atoms with Gasteiger partial charge in [-0.15, -0.1) is 0 Å². The Morgan fingerprint density at radius 1 is 1.14 bits per heavy atom. The summed E-state index contributed by atoms with van der Waals surface area (Å²) in [6, 6.07) is 5.80. The van der Waals surface area contributed by atoms with Crippen LogP contribution in [-0.4, -0.2) is 13.1 Å². The Balaban J connectivity index is 2.32. The first kappa shape index (κ1) is 10.0. The van der Waals surface area contributed by atoms with Crippen molar-refractivity contribution in [3.05, 3.63) is 39.9 Å². The third-order valence-electron chi connectivity index (χ3n) is 2.35. The normalized spacial score (nSPS) is 16.6. The molecule has 0 fully saturated rings. The monoisotopic (exact) mass is 227 g/mol. The van der Waals surface area contributed by atoms with Crippen LogP contribution in [0.2, 0.25) is 10.0 Å². The second-order valence-electron chi connectivity index (χ2n) is 3.31. The number of hydrogen-bond acceptors (Lipinski definition) is 1. The number of hydrogen-bond donors (Lipinski definition) is 1. The molecule has 0 radical (unpaired) electrons. The molecule has 1 aliphatic rings. The summed E-state index contributed by atoms with van der Waals surface area (Å²) in [7, 11) is 0. The Bertz CT molecular complexity index is 372. The summed E-state index contributed by atoms with van der Waals surface area (Å²) in [6.45, 7) is 1.97. The number of benzene rings is 1. The van der Waals surface area contributed by atoms with Gasteiger partial charge in [0.25, 0.3) is 0 Å². The molecule has 0 aliphatic carbocycles. The molecule has 0 unspecified atom stereocenters. The van der Waals surface area contributed by atoms with Crippen LogP contribution in [0.4, 0.5) is 0 Å². The SMILES string of the molecule is Clc1ccc(C2=CCNCC2)cc1Cl. The van der Waals surface area contributed by atoms with Crippen molar-refractivity contribution in [1.29, 1.82) is 0 Å². The van der Waals surface area contributed by atoms with E-state index in [1.165, 1.54) is 11.1 Å². The minimum absolute atomic E-state index is 0.616. The van der Waals surface area contributed by atoms with Crippen LogP contribution in [0.1, 0.15) is 12.0 Å². The first-order valence-corrected chi connectivity index (χ1v) is 5.38. The van der Waals surface area contributed by atoms with Crippen LogP contribution in [0.5, 0.6) is 0 Å². The van der Waals surface area contributed by atoms with Gasteiger partial charge in [0.2, 0.25) is 0 Å². The quantitative estimate of drug-likeness (QED) is 0.776. The van der Waals surface area contributed by atoms with Crippen molar-refractivity contribution in [2.75, 3.05) is 13.1 Å². The largest absolute Gasteiger partial charge is 0.313 e. The minimum atomic E-state index is 0.616. The van der Waals surface area contributed by atoms with Crippen molar-refractivity contribution >= 4 is 28.8 Å². The Morgan fingerprint density at radius 3 is 2.64 bits per heavy atom. The smallest absolute Gasteiger partial charge is 0.0598 e. The fourth-order valence-electron chi connectivity index (χ4n) is 1.58. The molecular formula is C11H11Cl2N. The first-order chi connectivity index (χ1) is 6.77. The predicted molar refractivity (Wildman–Crippen MR) is 61.9 cm³/mol. The van der Waals surface area contributed by atoms with Crippen LogP contribution in [0, 0.1) is 0 Å². The summed E-state index contributed by atoms with van der Waals surface area (Å²) in [5.41, 5.74) is 2.53. The second-order valence-corrected chi connectivity index (χ2v) is 4.13. The molecule has 3 heteroatoms. The van der Waals surface area contributed by atoms with Crippen molar-refractivity contribution < 1.29 is 0 Å². The molecular weight excluding hydrogens is 217 g/mol. The van der Waals surface area contributed by atoms with E-state index in [1.54, 1.807) is 0 Å². The van der Waals surface area contributed by atoms with E-state index >= 15 is 0 Å². The highest BCUT2D eigenvalue weighted by Gasteiger charge is 2.07. The van der Waals surface area contributed by atoms with Crippen LogP contribution >= 0.6 is 23.2 Å². The highest BCUT2D eigenvalue weighted by Crippen LogP contribution is 2.27. The maximum atomic E-state index is 5.96. The Hall–Kier alpha value is -0.500. The molecule has 1 aromatic rings. The molecule has 2 rings (SSSR count). The van der Waals surface area contributed by atoms with Crippen LogP contribution < -0.4 is 5.32 Å². The Kier molecular flexibility index (Phi) is 3.12. The summed E-state index contributed by atoms with van der Waals surface area (Å²) < 4.78 is 0. The van der Waals surface area contributed by atoms with E-state index in [4.69, 9.17) is 23.2 Å². The van der Waals surface area contributed by atoms with Crippen LogP contribution in [0.3, 0.4) is 0 Å². The van der Waals surface area contributed by atoms with Crippen molar-refractivity contribution in [2.45, 2.75) is 6.42 Å². The topological polar surface area (TPSA) is 12.0 Å².